The Hall–Kier alpha value is -5.52. The second-order valence-electron chi connectivity index (χ2n) is 11.8. The van der Waals surface area contributed by atoms with Crippen molar-refractivity contribution in [3.8, 4) is 11.5 Å². The molecule has 2 N–H and O–H groups in total. The van der Waals surface area contributed by atoms with Crippen LogP contribution in [-0.2, 0) is 9.53 Å². The van der Waals surface area contributed by atoms with Crippen molar-refractivity contribution in [2.24, 2.45) is 0 Å². The van der Waals surface area contributed by atoms with E-state index in [1.807, 2.05) is 70.2 Å². The average Bonchev–Trinajstić information content (AvgIpc) is 3.66. The molecule has 1 saturated heterocycles. The number of hydrogen-bond acceptors (Lipinski definition) is 9. The summed E-state index contributed by atoms with van der Waals surface area (Å²) < 4.78 is 13.3. The van der Waals surface area contributed by atoms with E-state index >= 15 is 0 Å². The third-order valence-electron chi connectivity index (χ3n) is 7.22. The molecule has 1 aliphatic heterocycles. The van der Waals surface area contributed by atoms with Gasteiger partial charge < -0.3 is 25.0 Å². The van der Waals surface area contributed by atoms with Crippen LogP contribution in [0.4, 0.5) is 22.0 Å². The molecule has 1 atom stereocenters. The van der Waals surface area contributed by atoms with Gasteiger partial charge in [-0.15, -0.1) is 0 Å². The van der Waals surface area contributed by atoms with Crippen molar-refractivity contribution >= 4 is 45.7 Å². The maximum atomic E-state index is 12.8. The van der Waals surface area contributed by atoms with E-state index in [0.717, 1.165) is 35.0 Å². The second-order valence-corrected chi connectivity index (χ2v) is 11.8. The zero-order chi connectivity index (χ0) is 31.6. The molecule has 6 rings (SSSR count). The van der Waals surface area contributed by atoms with Gasteiger partial charge in [0.1, 0.15) is 35.6 Å². The topological polar surface area (TPSA) is 136 Å². The molecule has 2 amide bonds. The zero-order valence-electron chi connectivity index (χ0n) is 25.5. The first-order chi connectivity index (χ1) is 21.6. The summed E-state index contributed by atoms with van der Waals surface area (Å²) >= 11 is 0. The van der Waals surface area contributed by atoms with E-state index in [9.17, 15) is 9.59 Å². The van der Waals surface area contributed by atoms with E-state index in [4.69, 9.17) is 9.47 Å². The molecule has 3 aromatic heterocycles. The van der Waals surface area contributed by atoms with Crippen molar-refractivity contribution in [2.75, 3.05) is 17.2 Å². The Morgan fingerprint density at radius 1 is 1.00 bits per heavy atom. The highest BCUT2D eigenvalue weighted by atomic mass is 16.6. The Bertz CT molecular complexity index is 1910. The first-order valence-electron chi connectivity index (χ1n) is 14.7. The first-order valence-corrected chi connectivity index (χ1v) is 14.7. The van der Waals surface area contributed by atoms with Gasteiger partial charge >= 0.3 is 6.09 Å². The summed E-state index contributed by atoms with van der Waals surface area (Å²) in [5, 5.41) is 11.1. The molecule has 1 fully saturated rings. The summed E-state index contributed by atoms with van der Waals surface area (Å²) in [5.74, 6) is 1.66. The number of amides is 2. The number of aryl methyl sites for hydroxylation is 1. The van der Waals surface area contributed by atoms with E-state index in [0.29, 0.717) is 35.2 Å². The summed E-state index contributed by atoms with van der Waals surface area (Å²) in [6.07, 6.45) is 9.27. The van der Waals surface area contributed by atoms with Crippen LogP contribution in [0.2, 0.25) is 0 Å². The number of likely N-dealkylation sites (tertiary alicyclic amines) is 1. The number of hydrogen-bond donors (Lipinski definition) is 2. The molecule has 0 spiro atoms. The van der Waals surface area contributed by atoms with Gasteiger partial charge in [-0.25, -0.2) is 24.3 Å². The van der Waals surface area contributed by atoms with E-state index in [1.54, 1.807) is 27.8 Å². The number of pyridine rings is 1. The molecular formula is C33H34N8O4. The van der Waals surface area contributed by atoms with E-state index < -0.39 is 5.60 Å². The molecule has 0 aliphatic carbocycles. The minimum Gasteiger partial charge on any atom is -0.457 e. The second kappa shape index (κ2) is 12.2. The van der Waals surface area contributed by atoms with Gasteiger partial charge in [0.2, 0.25) is 5.91 Å². The van der Waals surface area contributed by atoms with Crippen LogP contribution in [0.5, 0.6) is 11.5 Å². The number of aromatic nitrogens is 5. The SMILES string of the molecule is Cc1cc(Nc2ncnc3ccc(NC(=O)/C=C/[C@H]4CCCN4C(=O)OC(C)(C)C)cc23)ccc1Oc1ccn2ncnc2c1. The largest absolute Gasteiger partial charge is 0.457 e. The highest BCUT2D eigenvalue weighted by molar-refractivity contribution is 6.02. The number of rotatable bonds is 7. The van der Waals surface area contributed by atoms with Crippen molar-refractivity contribution in [3.05, 3.63) is 85.1 Å². The Labute approximate surface area is 260 Å². The van der Waals surface area contributed by atoms with Crippen LogP contribution in [-0.4, -0.2) is 59.7 Å². The van der Waals surface area contributed by atoms with Crippen LogP contribution in [0, 0.1) is 6.92 Å². The number of fused-ring (bicyclic) bond motifs is 2. The van der Waals surface area contributed by atoms with Gasteiger partial charge in [-0.05, 0) is 88.6 Å². The predicted molar refractivity (Wildman–Crippen MR) is 171 cm³/mol. The lowest BCUT2D eigenvalue weighted by molar-refractivity contribution is -0.112. The molecular weight excluding hydrogens is 572 g/mol. The molecule has 0 saturated carbocycles. The van der Waals surface area contributed by atoms with Gasteiger partial charge in [0.05, 0.1) is 11.6 Å². The lowest BCUT2D eigenvalue weighted by Gasteiger charge is -2.27. The Kier molecular flexibility index (Phi) is 8.03. The maximum Gasteiger partial charge on any atom is 0.410 e. The highest BCUT2D eigenvalue weighted by Gasteiger charge is 2.30. The van der Waals surface area contributed by atoms with Crippen LogP contribution >= 0.6 is 0 Å². The molecule has 12 nitrogen and oxygen atoms in total. The number of nitrogens with one attached hydrogen (secondary N) is 2. The summed E-state index contributed by atoms with van der Waals surface area (Å²) in [7, 11) is 0. The van der Waals surface area contributed by atoms with Gasteiger partial charge in [0.15, 0.2) is 5.65 Å². The Morgan fingerprint density at radius 2 is 1.84 bits per heavy atom. The minimum absolute atomic E-state index is 0.191. The third-order valence-corrected chi connectivity index (χ3v) is 7.22. The summed E-state index contributed by atoms with van der Waals surface area (Å²) in [6.45, 7) is 8.08. The molecule has 2 aromatic carbocycles. The van der Waals surface area contributed by atoms with Crippen molar-refractivity contribution in [3.63, 3.8) is 0 Å². The molecule has 230 valence electrons. The average molecular weight is 607 g/mol. The standard InChI is InChI=1S/C33H34N8O4/c1-21-16-22(8-11-28(21)44-25-13-15-41-29(18-25)35-20-37-41)39-31-26-17-23(7-10-27(26)34-19-36-31)38-30(42)12-9-24-6-5-14-40(24)32(43)45-33(2,3)4/h7-13,15-20,24H,5-6,14H2,1-4H3,(H,38,42)(H,34,36,39)/b12-9+/t24-/m1/s1. The fourth-order valence-corrected chi connectivity index (χ4v) is 5.12. The zero-order valence-corrected chi connectivity index (χ0v) is 25.5. The molecule has 1 aliphatic rings. The molecule has 12 heteroatoms. The van der Waals surface area contributed by atoms with Gasteiger partial charge in [0.25, 0.3) is 0 Å². The fraction of sp³-hybridized carbons (Fsp3) is 0.273. The molecule has 0 radical (unpaired) electrons. The van der Waals surface area contributed by atoms with Crippen LogP contribution in [0.25, 0.3) is 16.6 Å². The van der Waals surface area contributed by atoms with Crippen molar-refractivity contribution < 1.29 is 19.1 Å². The molecule has 5 aromatic rings. The number of anilines is 3. The van der Waals surface area contributed by atoms with Gasteiger partial charge in [0, 0.05) is 41.6 Å². The Morgan fingerprint density at radius 3 is 2.67 bits per heavy atom. The molecule has 45 heavy (non-hydrogen) atoms. The predicted octanol–water partition coefficient (Wildman–Crippen LogP) is 6.41. The van der Waals surface area contributed by atoms with E-state index in [2.05, 4.69) is 30.7 Å². The number of nitrogens with zero attached hydrogens (tertiary/aromatic N) is 6. The lowest BCUT2D eigenvalue weighted by Crippen LogP contribution is -2.39. The molecule has 0 unspecified atom stereocenters. The number of ether oxygens (including phenoxy) is 2. The van der Waals surface area contributed by atoms with Gasteiger partial charge in [-0.3, -0.25) is 4.79 Å². The van der Waals surface area contributed by atoms with Crippen LogP contribution < -0.4 is 15.4 Å². The van der Waals surface area contributed by atoms with Crippen molar-refractivity contribution in [1.82, 2.24) is 29.5 Å². The fourth-order valence-electron chi connectivity index (χ4n) is 5.12. The van der Waals surface area contributed by atoms with Crippen LogP contribution in [0.3, 0.4) is 0 Å². The van der Waals surface area contributed by atoms with Crippen LogP contribution in [0.1, 0.15) is 39.2 Å². The van der Waals surface area contributed by atoms with Crippen molar-refractivity contribution in [2.45, 2.75) is 52.2 Å². The summed E-state index contributed by atoms with van der Waals surface area (Å²) in [5.41, 5.74) is 3.17. The van der Waals surface area contributed by atoms with Crippen LogP contribution in [0.15, 0.2) is 79.5 Å². The maximum absolute atomic E-state index is 12.8. The lowest BCUT2D eigenvalue weighted by atomic mass is 10.1. The highest BCUT2D eigenvalue weighted by Crippen LogP contribution is 2.31. The van der Waals surface area contributed by atoms with E-state index in [1.165, 1.54) is 18.7 Å². The van der Waals surface area contributed by atoms with Gasteiger partial charge in [-0.1, -0.05) is 6.08 Å². The normalized spacial score (nSPS) is 15.1. The monoisotopic (exact) mass is 606 g/mol. The molecule has 0 bridgehead atoms. The number of benzene rings is 2. The number of carbonyl (C=O) groups excluding carboxylic acids is 2. The Balaban J connectivity index is 1.13. The quantitative estimate of drug-likeness (QED) is 0.201. The third kappa shape index (κ3) is 7.01. The number of carbonyl (C=O) groups is 2. The smallest absolute Gasteiger partial charge is 0.410 e. The summed E-state index contributed by atoms with van der Waals surface area (Å²) in [4.78, 5) is 40.1. The van der Waals surface area contributed by atoms with Crippen molar-refractivity contribution in [1.29, 1.82) is 0 Å². The van der Waals surface area contributed by atoms with E-state index in [-0.39, 0.29) is 18.0 Å². The minimum atomic E-state index is -0.579. The first kappa shape index (κ1) is 29.5. The van der Waals surface area contributed by atoms with Gasteiger partial charge in [-0.2, -0.15) is 5.10 Å². The molecule has 4 heterocycles. The summed E-state index contributed by atoms with van der Waals surface area (Å²) in [6, 6.07) is 14.7.